The molecule has 1 aliphatic heterocycles. The lowest BCUT2D eigenvalue weighted by Gasteiger charge is -2.32. The van der Waals surface area contributed by atoms with Gasteiger partial charge in [-0.15, -0.1) is 0 Å². The van der Waals surface area contributed by atoms with Crippen LogP contribution in [-0.2, 0) is 24.7 Å². The molecule has 1 aromatic carbocycles. The number of nitriles is 1. The molecule has 2 amide bonds. The third kappa shape index (κ3) is 4.35. The fraction of sp³-hybridized carbons (Fsp3) is 0.444. The maximum Gasteiger partial charge on any atom is 0.307 e. The number of para-hydroxylation sites is 1. The fourth-order valence-electron chi connectivity index (χ4n) is 2.84. The van der Waals surface area contributed by atoms with Crippen molar-refractivity contribution in [1.82, 2.24) is 5.32 Å². The highest BCUT2D eigenvalue weighted by Gasteiger charge is 2.46. The topological polar surface area (TPSA) is 108 Å². The van der Waals surface area contributed by atoms with Crippen LogP contribution in [0.3, 0.4) is 0 Å². The van der Waals surface area contributed by atoms with Crippen molar-refractivity contribution in [3.8, 4) is 6.07 Å². The molecule has 2 rings (SSSR count). The number of nitrogens with zero attached hydrogens (tertiary/aromatic N) is 1. The van der Waals surface area contributed by atoms with Gasteiger partial charge in [0.2, 0.25) is 11.5 Å². The highest BCUT2D eigenvalue weighted by atomic mass is 16.6. The smallest absolute Gasteiger partial charge is 0.307 e. The Balaban J connectivity index is 2.56. The van der Waals surface area contributed by atoms with Gasteiger partial charge in [0.1, 0.15) is 0 Å². The van der Waals surface area contributed by atoms with Gasteiger partial charge in [-0.05, 0) is 18.9 Å². The largest absolute Gasteiger partial charge is 0.443 e. The number of rotatable bonds is 3. The zero-order valence-electron chi connectivity index (χ0n) is 14.1. The van der Waals surface area contributed by atoms with E-state index in [4.69, 9.17) is 4.74 Å². The molecule has 0 spiro atoms. The quantitative estimate of drug-likeness (QED) is 0.816. The predicted octanol–water partition coefficient (Wildman–Crippen LogP) is 1.99. The number of ether oxygens (including phenoxy) is 1. The molecular weight excluding hydrogens is 322 g/mol. The summed E-state index contributed by atoms with van der Waals surface area (Å²) in [4.78, 5) is 36.6. The van der Waals surface area contributed by atoms with E-state index in [0.29, 0.717) is 18.7 Å². The van der Waals surface area contributed by atoms with Crippen LogP contribution < -0.4 is 10.6 Å². The average Bonchev–Trinajstić information content (AvgIpc) is 2.57. The van der Waals surface area contributed by atoms with Gasteiger partial charge in [0.15, 0.2) is 0 Å². The van der Waals surface area contributed by atoms with Crippen molar-refractivity contribution in [1.29, 1.82) is 5.26 Å². The number of hydrogen-bond acceptors (Lipinski definition) is 5. The van der Waals surface area contributed by atoms with E-state index in [2.05, 4.69) is 10.6 Å². The summed E-state index contributed by atoms with van der Waals surface area (Å²) in [5.74, 6) is -1.42. The van der Waals surface area contributed by atoms with E-state index < -0.39 is 17.5 Å². The maximum atomic E-state index is 12.9. The van der Waals surface area contributed by atoms with Crippen LogP contribution in [-0.4, -0.2) is 24.3 Å². The summed E-state index contributed by atoms with van der Waals surface area (Å²) in [7, 11) is 0. The Kier molecular flexibility index (Phi) is 6.12. The molecule has 1 atom stereocenters. The van der Waals surface area contributed by atoms with Gasteiger partial charge >= 0.3 is 5.97 Å². The van der Waals surface area contributed by atoms with E-state index in [1.165, 1.54) is 6.92 Å². The SMILES string of the molecule is CC(=O)Nc1ccccc1C1(CC#N)OC(=O)CCCCCNC1=O. The van der Waals surface area contributed by atoms with E-state index >= 15 is 0 Å². The molecule has 1 aliphatic rings. The Morgan fingerprint density at radius 2 is 2.08 bits per heavy atom. The second-order valence-electron chi connectivity index (χ2n) is 5.93. The lowest BCUT2D eigenvalue weighted by Crippen LogP contribution is -2.48. The van der Waals surface area contributed by atoms with Crippen molar-refractivity contribution in [3.05, 3.63) is 29.8 Å². The molecule has 1 aromatic rings. The van der Waals surface area contributed by atoms with Crippen LogP contribution in [0.5, 0.6) is 0 Å². The zero-order chi connectivity index (χ0) is 18.3. The summed E-state index contributed by atoms with van der Waals surface area (Å²) >= 11 is 0. The van der Waals surface area contributed by atoms with Crippen molar-refractivity contribution >= 4 is 23.5 Å². The monoisotopic (exact) mass is 343 g/mol. The van der Waals surface area contributed by atoms with Gasteiger partial charge in [0.25, 0.3) is 5.91 Å². The van der Waals surface area contributed by atoms with Gasteiger partial charge in [0, 0.05) is 31.1 Å². The van der Waals surface area contributed by atoms with Crippen molar-refractivity contribution in [2.45, 2.75) is 44.6 Å². The van der Waals surface area contributed by atoms with Gasteiger partial charge in [-0.3, -0.25) is 14.4 Å². The van der Waals surface area contributed by atoms with Gasteiger partial charge in [-0.2, -0.15) is 5.26 Å². The lowest BCUT2D eigenvalue weighted by atomic mass is 9.87. The third-order valence-electron chi connectivity index (χ3n) is 4.00. The highest BCUT2D eigenvalue weighted by molar-refractivity contribution is 5.95. The fourth-order valence-corrected chi connectivity index (χ4v) is 2.84. The Hall–Kier alpha value is -2.88. The molecule has 1 heterocycles. The normalized spacial score (nSPS) is 21.4. The van der Waals surface area contributed by atoms with Crippen molar-refractivity contribution < 1.29 is 19.1 Å². The first-order valence-corrected chi connectivity index (χ1v) is 8.24. The Morgan fingerprint density at radius 3 is 2.80 bits per heavy atom. The summed E-state index contributed by atoms with van der Waals surface area (Å²) in [6, 6.07) is 8.49. The minimum Gasteiger partial charge on any atom is -0.443 e. The molecule has 7 heteroatoms. The molecule has 0 aliphatic carbocycles. The minimum atomic E-state index is -1.79. The number of carbonyl (C=O) groups excluding carboxylic acids is 3. The minimum absolute atomic E-state index is 0.183. The predicted molar refractivity (Wildman–Crippen MR) is 90.2 cm³/mol. The van der Waals surface area contributed by atoms with Crippen LogP contribution in [0.15, 0.2) is 24.3 Å². The van der Waals surface area contributed by atoms with Crippen molar-refractivity contribution in [3.63, 3.8) is 0 Å². The molecule has 1 saturated heterocycles. The number of cyclic esters (lactones) is 1. The van der Waals surface area contributed by atoms with Crippen LogP contribution in [0.4, 0.5) is 5.69 Å². The van der Waals surface area contributed by atoms with Gasteiger partial charge in [-0.25, -0.2) is 0 Å². The molecule has 0 radical (unpaired) electrons. The Morgan fingerprint density at radius 1 is 1.32 bits per heavy atom. The number of hydrogen-bond donors (Lipinski definition) is 2. The van der Waals surface area contributed by atoms with E-state index in [1.807, 2.05) is 6.07 Å². The van der Waals surface area contributed by atoms with Crippen LogP contribution >= 0.6 is 0 Å². The number of carbonyl (C=O) groups is 3. The summed E-state index contributed by atoms with van der Waals surface area (Å²) in [6.45, 7) is 1.78. The maximum absolute atomic E-state index is 12.9. The first-order chi connectivity index (χ1) is 12.0. The number of nitrogens with one attached hydrogen (secondary N) is 2. The molecule has 132 valence electrons. The molecule has 1 unspecified atom stereocenters. The first-order valence-electron chi connectivity index (χ1n) is 8.24. The Bertz CT molecular complexity index is 711. The highest BCUT2D eigenvalue weighted by Crippen LogP contribution is 2.36. The first kappa shape index (κ1) is 18.5. The van der Waals surface area contributed by atoms with E-state index in [9.17, 15) is 19.6 Å². The lowest BCUT2D eigenvalue weighted by molar-refractivity contribution is -0.170. The van der Waals surface area contributed by atoms with Crippen LogP contribution in [0.2, 0.25) is 0 Å². The van der Waals surface area contributed by atoms with Crippen molar-refractivity contribution in [2.24, 2.45) is 0 Å². The van der Waals surface area contributed by atoms with Crippen LogP contribution in [0.1, 0.15) is 44.6 Å². The molecule has 0 saturated carbocycles. The molecule has 25 heavy (non-hydrogen) atoms. The Labute approximate surface area is 146 Å². The summed E-state index contributed by atoms with van der Waals surface area (Å²) in [6.07, 6.45) is 2.05. The number of benzene rings is 1. The zero-order valence-corrected chi connectivity index (χ0v) is 14.1. The average molecular weight is 343 g/mol. The number of esters is 1. The molecule has 0 bridgehead atoms. The third-order valence-corrected chi connectivity index (χ3v) is 4.00. The molecular formula is C18H21N3O4. The van der Waals surface area contributed by atoms with Crippen LogP contribution in [0, 0.1) is 11.3 Å². The number of amides is 2. The molecule has 7 nitrogen and oxygen atoms in total. The molecule has 0 aromatic heterocycles. The standard InChI is InChI=1S/C18H21N3O4/c1-13(22)21-15-8-5-4-7-14(15)18(10-11-19)17(24)20-12-6-2-3-9-16(23)25-18/h4-5,7-8H,2-3,6,9-10,12H2,1H3,(H,20,24)(H,21,22). The molecule has 2 N–H and O–H groups in total. The number of anilines is 1. The summed E-state index contributed by atoms with van der Waals surface area (Å²) in [5.41, 5.74) is -1.16. The van der Waals surface area contributed by atoms with E-state index in [1.54, 1.807) is 24.3 Å². The summed E-state index contributed by atoms with van der Waals surface area (Å²) < 4.78 is 5.55. The van der Waals surface area contributed by atoms with E-state index in [-0.39, 0.29) is 24.3 Å². The second kappa shape index (κ2) is 8.29. The second-order valence-corrected chi connectivity index (χ2v) is 5.93. The van der Waals surface area contributed by atoms with E-state index in [0.717, 1.165) is 12.8 Å². The molecule has 1 fully saturated rings. The summed E-state index contributed by atoms with van der Waals surface area (Å²) in [5, 5.41) is 14.7. The van der Waals surface area contributed by atoms with Gasteiger partial charge < -0.3 is 15.4 Å². The van der Waals surface area contributed by atoms with Crippen LogP contribution in [0.25, 0.3) is 0 Å². The van der Waals surface area contributed by atoms with Crippen molar-refractivity contribution in [2.75, 3.05) is 11.9 Å². The van der Waals surface area contributed by atoms with Gasteiger partial charge in [0.05, 0.1) is 12.5 Å². The van der Waals surface area contributed by atoms with Gasteiger partial charge in [-0.1, -0.05) is 24.6 Å².